The molecular weight excluding hydrogens is 247 g/mol. The van der Waals surface area contributed by atoms with Crippen molar-refractivity contribution in [3.63, 3.8) is 0 Å². The maximum Gasteiger partial charge on any atom is 0.338 e. The molecule has 0 unspecified atom stereocenters. The van der Waals surface area contributed by atoms with Crippen molar-refractivity contribution >= 4 is 17.3 Å². The largest absolute Gasteiger partial charge is 0.457 e. The molecule has 0 atom stereocenters. The van der Waals surface area contributed by atoms with Crippen LogP contribution in [0.15, 0.2) is 42.5 Å². The van der Waals surface area contributed by atoms with Crippen molar-refractivity contribution in [2.75, 3.05) is 11.5 Å². The summed E-state index contributed by atoms with van der Waals surface area (Å²) in [6.45, 7) is 0.0633. The SMILES string of the molecule is Nc1cc(N)cc(C(=O)OCc2ccc(F)cc2)c1. The molecule has 98 valence electrons. The number of ether oxygens (including phenoxy) is 1. The Morgan fingerprint density at radius 2 is 1.63 bits per heavy atom. The maximum absolute atomic E-state index is 12.7. The number of nitrogens with two attached hydrogens (primary N) is 2. The van der Waals surface area contributed by atoms with Gasteiger partial charge in [0.1, 0.15) is 12.4 Å². The fourth-order valence-corrected chi connectivity index (χ4v) is 1.61. The molecule has 0 radical (unpaired) electrons. The lowest BCUT2D eigenvalue weighted by atomic mass is 10.2. The summed E-state index contributed by atoms with van der Waals surface area (Å²) in [6.07, 6.45) is 0. The molecule has 0 bridgehead atoms. The third kappa shape index (κ3) is 3.45. The summed E-state index contributed by atoms with van der Waals surface area (Å²) < 4.78 is 17.8. The topological polar surface area (TPSA) is 78.3 Å². The number of benzene rings is 2. The van der Waals surface area contributed by atoms with Gasteiger partial charge in [-0.2, -0.15) is 0 Å². The zero-order valence-corrected chi connectivity index (χ0v) is 10.1. The predicted molar refractivity (Wildman–Crippen MR) is 70.8 cm³/mol. The maximum atomic E-state index is 12.7. The highest BCUT2D eigenvalue weighted by molar-refractivity contribution is 5.91. The van der Waals surface area contributed by atoms with E-state index in [-0.39, 0.29) is 12.4 Å². The van der Waals surface area contributed by atoms with E-state index in [1.807, 2.05) is 0 Å². The Bertz CT molecular complexity index is 577. The van der Waals surface area contributed by atoms with Crippen molar-refractivity contribution in [3.05, 3.63) is 59.4 Å². The van der Waals surface area contributed by atoms with E-state index in [4.69, 9.17) is 16.2 Å². The number of hydrogen-bond donors (Lipinski definition) is 2. The van der Waals surface area contributed by atoms with Crippen LogP contribution in [0.4, 0.5) is 15.8 Å². The van der Waals surface area contributed by atoms with Crippen LogP contribution in [0.25, 0.3) is 0 Å². The van der Waals surface area contributed by atoms with Crippen molar-refractivity contribution in [1.29, 1.82) is 0 Å². The van der Waals surface area contributed by atoms with Gasteiger partial charge in [0.25, 0.3) is 0 Å². The minimum atomic E-state index is -0.525. The number of anilines is 2. The Labute approximate surface area is 109 Å². The fourth-order valence-electron chi connectivity index (χ4n) is 1.61. The van der Waals surface area contributed by atoms with E-state index in [0.29, 0.717) is 22.5 Å². The molecular formula is C14H13FN2O2. The second-order valence-corrected chi connectivity index (χ2v) is 4.09. The van der Waals surface area contributed by atoms with Crippen LogP contribution in [0, 0.1) is 5.82 Å². The van der Waals surface area contributed by atoms with E-state index in [1.165, 1.54) is 24.3 Å². The van der Waals surface area contributed by atoms with Gasteiger partial charge in [-0.15, -0.1) is 0 Å². The zero-order chi connectivity index (χ0) is 13.8. The normalized spacial score (nSPS) is 10.2. The van der Waals surface area contributed by atoms with E-state index in [0.717, 1.165) is 0 Å². The molecule has 0 amide bonds. The van der Waals surface area contributed by atoms with E-state index in [1.54, 1.807) is 18.2 Å². The summed E-state index contributed by atoms with van der Waals surface area (Å²) >= 11 is 0. The smallest absolute Gasteiger partial charge is 0.338 e. The first-order chi connectivity index (χ1) is 9.04. The van der Waals surface area contributed by atoms with Gasteiger partial charge in [-0.1, -0.05) is 12.1 Å². The third-order valence-electron chi connectivity index (χ3n) is 2.50. The molecule has 0 spiro atoms. The average molecular weight is 260 g/mol. The summed E-state index contributed by atoms with van der Waals surface area (Å²) in [7, 11) is 0. The molecule has 0 aliphatic carbocycles. The summed E-state index contributed by atoms with van der Waals surface area (Å²) in [5, 5.41) is 0. The minimum Gasteiger partial charge on any atom is -0.457 e. The number of rotatable bonds is 3. The Morgan fingerprint density at radius 1 is 1.05 bits per heavy atom. The molecule has 0 aromatic heterocycles. The van der Waals surface area contributed by atoms with E-state index < -0.39 is 5.97 Å². The van der Waals surface area contributed by atoms with E-state index in [9.17, 15) is 9.18 Å². The highest BCUT2D eigenvalue weighted by Gasteiger charge is 2.09. The first kappa shape index (κ1) is 12.9. The van der Waals surface area contributed by atoms with Gasteiger partial charge in [0.2, 0.25) is 0 Å². The van der Waals surface area contributed by atoms with Gasteiger partial charge < -0.3 is 16.2 Å². The first-order valence-electron chi connectivity index (χ1n) is 5.62. The highest BCUT2D eigenvalue weighted by atomic mass is 19.1. The average Bonchev–Trinajstić information content (AvgIpc) is 2.36. The Hall–Kier alpha value is -2.56. The first-order valence-corrected chi connectivity index (χ1v) is 5.62. The van der Waals surface area contributed by atoms with Gasteiger partial charge in [0.15, 0.2) is 0 Å². The fraction of sp³-hybridized carbons (Fsp3) is 0.0714. The van der Waals surface area contributed by atoms with Crippen LogP contribution in [0.5, 0.6) is 0 Å². The molecule has 4 N–H and O–H groups in total. The number of carbonyl (C=O) groups excluding carboxylic acids is 1. The molecule has 19 heavy (non-hydrogen) atoms. The van der Waals surface area contributed by atoms with Crippen LogP contribution in [0.2, 0.25) is 0 Å². The van der Waals surface area contributed by atoms with Crippen LogP contribution >= 0.6 is 0 Å². The number of esters is 1. The van der Waals surface area contributed by atoms with Crippen molar-refractivity contribution in [2.45, 2.75) is 6.61 Å². The summed E-state index contributed by atoms with van der Waals surface area (Å²) in [6, 6.07) is 10.2. The number of halogens is 1. The van der Waals surface area contributed by atoms with Gasteiger partial charge in [0, 0.05) is 11.4 Å². The lowest BCUT2D eigenvalue weighted by molar-refractivity contribution is 0.0473. The molecule has 0 aliphatic rings. The lowest BCUT2D eigenvalue weighted by Crippen LogP contribution is -2.06. The highest BCUT2D eigenvalue weighted by Crippen LogP contribution is 2.15. The standard InChI is InChI=1S/C14H13FN2O2/c15-11-3-1-9(2-4-11)8-19-14(18)10-5-12(16)7-13(17)6-10/h1-7H,8,16-17H2. The van der Waals surface area contributed by atoms with Crippen LogP contribution in [-0.2, 0) is 11.3 Å². The number of hydrogen-bond acceptors (Lipinski definition) is 4. The summed E-state index contributed by atoms with van der Waals surface area (Å²) in [5.41, 5.74) is 13.0. The van der Waals surface area contributed by atoms with Crippen LogP contribution < -0.4 is 11.5 Å². The molecule has 2 aromatic carbocycles. The van der Waals surface area contributed by atoms with E-state index in [2.05, 4.69) is 0 Å². The molecule has 2 aromatic rings. The molecule has 0 saturated carbocycles. The predicted octanol–water partition coefficient (Wildman–Crippen LogP) is 2.35. The van der Waals surface area contributed by atoms with Crippen LogP contribution in [-0.4, -0.2) is 5.97 Å². The molecule has 2 rings (SSSR count). The number of nitrogen functional groups attached to an aromatic ring is 2. The second-order valence-electron chi connectivity index (χ2n) is 4.09. The van der Waals surface area contributed by atoms with Gasteiger partial charge in [-0.3, -0.25) is 0 Å². The van der Waals surface area contributed by atoms with E-state index >= 15 is 0 Å². The summed E-state index contributed by atoms with van der Waals surface area (Å²) in [5.74, 6) is -0.859. The lowest BCUT2D eigenvalue weighted by Gasteiger charge is -2.06. The molecule has 0 heterocycles. The molecule has 0 saturated heterocycles. The van der Waals surface area contributed by atoms with Crippen molar-refractivity contribution in [2.24, 2.45) is 0 Å². The second kappa shape index (κ2) is 5.39. The summed E-state index contributed by atoms with van der Waals surface area (Å²) in [4.78, 5) is 11.8. The quantitative estimate of drug-likeness (QED) is 0.656. The molecule has 0 aliphatic heterocycles. The van der Waals surface area contributed by atoms with Crippen molar-refractivity contribution < 1.29 is 13.9 Å². The van der Waals surface area contributed by atoms with Gasteiger partial charge in [-0.05, 0) is 35.9 Å². The third-order valence-corrected chi connectivity index (χ3v) is 2.50. The monoisotopic (exact) mass is 260 g/mol. The van der Waals surface area contributed by atoms with Gasteiger partial charge >= 0.3 is 5.97 Å². The van der Waals surface area contributed by atoms with Crippen molar-refractivity contribution in [1.82, 2.24) is 0 Å². The molecule has 5 heteroatoms. The Kier molecular flexibility index (Phi) is 3.66. The molecule has 0 fully saturated rings. The van der Waals surface area contributed by atoms with Gasteiger partial charge in [0.05, 0.1) is 5.56 Å². The molecule has 4 nitrogen and oxygen atoms in total. The van der Waals surface area contributed by atoms with Crippen LogP contribution in [0.3, 0.4) is 0 Å². The van der Waals surface area contributed by atoms with Crippen molar-refractivity contribution in [3.8, 4) is 0 Å². The van der Waals surface area contributed by atoms with Crippen LogP contribution in [0.1, 0.15) is 15.9 Å². The number of carbonyl (C=O) groups is 1. The van der Waals surface area contributed by atoms with Gasteiger partial charge in [-0.25, -0.2) is 9.18 Å². The Morgan fingerprint density at radius 3 is 2.21 bits per heavy atom. The zero-order valence-electron chi connectivity index (χ0n) is 10.1. The minimum absolute atomic E-state index is 0.0633. The Balaban J connectivity index is 2.03.